The number of nitrogens with zero attached hydrogens (tertiary/aromatic N) is 1. The molecule has 0 radical (unpaired) electrons. The van der Waals surface area contributed by atoms with Crippen molar-refractivity contribution >= 4 is 27.5 Å². The van der Waals surface area contributed by atoms with Crippen LogP contribution in [0.3, 0.4) is 0 Å². The largest absolute Gasteiger partial charge is 0.395 e. The molecule has 0 aromatic heterocycles. The third-order valence-electron chi connectivity index (χ3n) is 3.53. The van der Waals surface area contributed by atoms with Crippen LogP contribution in [0.5, 0.6) is 0 Å². The van der Waals surface area contributed by atoms with Crippen molar-refractivity contribution in [3.05, 3.63) is 28.8 Å². The van der Waals surface area contributed by atoms with Gasteiger partial charge in [-0.3, -0.25) is 4.72 Å². The molecule has 1 aromatic rings. The van der Waals surface area contributed by atoms with Crippen LogP contribution >= 0.6 is 11.6 Å². The lowest BCUT2D eigenvalue weighted by Crippen LogP contribution is -2.48. The number of anilines is 1. The number of rotatable bonds is 4. The van der Waals surface area contributed by atoms with Gasteiger partial charge in [-0.15, -0.1) is 0 Å². The van der Waals surface area contributed by atoms with Crippen molar-refractivity contribution in [2.45, 2.75) is 32.2 Å². The Bertz CT molecular complexity index is 577. The maximum absolute atomic E-state index is 12.4. The van der Waals surface area contributed by atoms with Gasteiger partial charge >= 0.3 is 10.2 Å². The summed E-state index contributed by atoms with van der Waals surface area (Å²) in [6.07, 6.45) is 2.44. The first-order valence-corrected chi connectivity index (χ1v) is 8.42. The highest BCUT2D eigenvalue weighted by Crippen LogP contribution is 2.25. The second-order valence-electron chi connectivity index (χ2n) is 5.01. The van der Waals surface area contributed by atoms with Crippen LogP contribution in [0.1, 0.15) is 24.8 Å². The van der Waals surface area contributed by atoms with Gasteiger partial charge in [0.1, 0.15) is 0 Å². The van der Waals surface area contributed by atoms with Crippen molar-refractivity contribution < 1.29 is 13.5 Å². The minimum Gasteiger partial charge on any atom is -0.395 e. The Labute approximate surface area is 124 Å². The van der Waals surface area contributed by atoms with Crippen molar-refractivity contribution in [3.8, 4) is 0 Å². The molecule has 0 bridgehead atoms. The number of hydrogen-bond donors (Lipinski definition) is 2. The van der Waals surface area contributed by atoms with E-state index in [9.17, 15) is 13.5 Å². The molecule has 0 aliphatic carbocycles. The molecule has 7 heteroatoms. The maximum Gasteiger partial charge on any atom is 0.301 e. The van der Waals surface area contributed by atoms with Crippen LogP contribution in [-0.2, 0) is 10.2 Å². The molecule has 20 heavy (non-hydrogen) atoms. The van der Waals surface area contributed by atoms with Gasteiger partial charge in [0.05, 0.1) is 12.3 Å². The lowest BCUT2D eigenvalue weighted by molar-refractivity contribution is 0.156. The highest BCUT2D eigenvalue weighted by molar-refractivity contribution is 7.90. The normalized spacial score (nSPS) is 20.9. The van der Waals surface area contributed by atoms with Gasteiger partial charge in [0.25, 0.3) is 0 Å². The lowest BCUT2D eigenvalue weighted by Gasteiger charge is -2.33. The topological polar surface area (TPSA) is 69.6 Å². The average Bonchev–Trinajstić information content (AvgIpc) is 2.42. The molecule has 1 fully saturated rings. The molecule has 1 saturated heterocycles. The van der Waals surface area contributed by atoms with Crippen LogP contribution in [0.25, 0.3) is 0 Å². The second-order valence-corrected chi connectivity index (χ2v) is 7.07. The molecular formula is C13H19ClN2O3S. The summed E-state index contributed by atoms with van der Waals surface area (Å²) < 4.78 is 28.8. The molecule has 0 saturated carbocycles. The summed E-state index contributed by atoms with van der Waals surface area (Å²) >= 11 is 5.90. The van der Waals surface area contributed by atoms with Gasteiger partial charge in [-0.2, -0.15) is 12.7 Å². The van der Waals surface area contributed by atoms with E-state index < -0.39 is 10.2 Å². The Hall–Kier alpha value is -0.820. The zero-order valence-corrected chi connectivity index (χ0v) is 12.9. The molecule has 2 rings (SSSR count). The summed E-state index contributed by atoms with van der Waals surface area (Å²) in [5.41, 5.74) is 1.27. The van der Waals surface area contributed by atoms with E-state index in [-0.39, 0.29) is 12.6 Å². The molecule has 112 valence electrons. The lowest BCUT2D eigenvalue weighted by atomic mass is 10.1. The van der Waals surface area contributed by atoms with Crippen molar-refractivity contribution in [1.29, 1.82) is 0 Å². The van der Waals surface area contributed by atoms with E-state index in [2.05, 4.69) is 4.72 Å². The van der Waals surface area contributed by atoms with Gasteiger partial charge in [0.2, 0.25) is 0 Å². The van der Waals surface area contributed by atoms with Gasteiger partial charge in [0.15, 0.2) is 0 Å². The quantitative estimate of drug-likeness (QED) is 0.893. The van der Waals surface area contributed by atoms with Crippen LogP contribution < -0.4 is 4.72 Å². The summed E-state index contributed by atoms with van der Waals surface area (Å²) in [7, 11) is -3.67. The Kier molecular flexibility index (Phi) is 4.90. The fourth-order valence-electron chi connectivity index (χ4n) is 2.37. The smallest absolute Gasteiger partial charge is 0.301 e. The summed E-state index contributed by atoms with van der Waals surface area (Å²) in [5.74, 6) is 0. The molecule has 1 aliphatic rings. The number of aliphatic hydroxyl groups excluding tert-OH is 1. The molecule has 1 heterocycles. The van der Waals surface area contributed by atoms with Gasteiger partial charge in [0, 0.05) is 17.6 Å². The van der Waals surface area contributed by atoms with Crippen molar-refractivity contribution in [3.63, 3.8) is 0 Å². The second kappa shape index (κ2) is 6.30. The van der Waals surface area contributed by atoms with Crippen molar-refractivity contribution in [2.24, 2.45) is 0 Å². The first-order chi connectivity index (χ1) is 9.44. The first-order valence-electron chi connectivity index (χ1n) is 6.60. The third kappa shape index (κ3) is 3.44. The zero-order chi connectivity index (χ0) is 14.8. The van der Waals surface area contributed by atoms with E-state index in [1.165, 1.54) is 4.31 Å². The number of aryl methyl sites for hydroxylation is 1. The van der Waals surface area contributed by atoms with Crippen LogP contribution in [-0.4, -0.2) is 37.0 Å². The number of aliphatic hydroxyl groups is 1. The van der Waals surface area contributed by atoms with Crippen molar-refractivity contribution in [2.75, 3.05) is 17.9 Å². The first kappa shape index (κ1) is 15.6. The van der Waals surface area contributed by atoms with E-state index in [0.29, 0.717) is 23.7 Å². The predicted octanol–water partition coefficient (Wildman–Crippen LogP) is 2.15. The SMILES string of the molecule is Cc1ccc(Cl)cc1NS(=O)(=O)N1CCCCC1CO. The predicted molar refractivity (Wildman–Crippen MR) is 80.2 cm³/mol. The molecule has 1 atom stereocenters. The molecule has 1 aliphatic heterocycles. The van der Waals surface area contributed by atoms with Gasteiger partial charge < -0.3 is 5.11 Å². The molecule has 0 amide bonds. The average molecular weight is 319 g/mol. The van der Waals surface area contributed by atoms with Crippen molar-refractivity contribution in [1.82, 2.24) is 4.31 Å². The minimum atomic E-state index is -3.67. The highest BCUT2D eigenvalue weighted by atomic mass is 35.5. The molecule has 0 spiro atoms. The van der Waals surface area contributed by atoms with Crippen LogP contribution in [0.15, 0.2) is 18.2 Å². The number of halogens is 1. The van der Waals surface area contributed by atoms with Crippen LogP contribution in [0, 0.1) is 6.92 Å². The summed E-state index contributed by atoms with van der Waals surface area (Å²) in [4.78, 5) is 0. The molecule has 1 unspecified atom stereocenters. The van der Waals surface area contributed by atoms with E-state index in [1.54, 1.807) is 18.2 Å². The number of nitrogens with one attached hydrogen (secondary N) is 1. The zero-order valence-electron chi connectivity index (χ0n) is 11.3. The van der Waals surface area contributed by atoms with Gasteiger partial charge in [-0.25, -0.2) is 0 Å². The van der Waals surface area contributed by atoms with Crippen LogP contribution in [0.2, 0.25) is 5.02 Å². The Morgan fingerprint density at radius 3 is 2.90 bits per heavy atom. The molecular weight excluding hydrogens is 300 g/mol. The Morgan fingerprint density at radius 2 is 2.20 bits per heavy atom. The summed E-state index contributed by atoms with van der Waals surface area (Å²) in [6.45, 7) is 2.09. The number of piperidine rings is 1. The van der Waals surface area contributed by atoms with E-state index >= 15 is 0 Å². The summed E-state index contributed by atoms with van der Waals surface area (Å²) in [6, 6.07) is 4.72. The van der Waals surface area contributed by atoms with Gasteiger partial charge in [-0.05, 0) is 37.5 Å². The van der Waals surface area contributed by atoms with Gasteiger partial charge in [-0.1, -0.05) is 24.1 Å². The number of benzene rings is 1. The molecule has 1 aromatic carbocycles. The molecule has 2 N–H and O–H groups in total. The van der Waals surface area contributed by atoms with E-state index in [1.807, 2.05) is 6.92 Å². The third-order valence-corrected chi connectivity index (χ3v) is 5.34. The minimum absolute atomic E-state index is 0.157. The summed E-state index contributed by atoms with van der Waals surface area (Å²) in [5, 5.41) is 9.81. The monoisotopic (exact) mass is 318 g/mol. The fraction of sp³-hybridized carbons (Fsp3) is 0.538. The van der Waals surface area contributed by atoms with Crippen LogP contribution in [0.4, 0.5) is 5.69 Å². The fourth-order valence-corrected chi connectivity index (χ4v) is 4.10. The number of hydrogen-bond acceptors (Lipinski definition) is 3. The van der Waals surface area contributed by atoms with E-state index in [4.69, 9.17) is 11.6 Å². The highest BCUT2D eigenvalue weighted by Gasteiger charge is 2.32. The Morgan fingerprint density at radius 1 is 1.45 bits per heavy atom. The standard InChI is InChI=1S/C13H19ClN2O3S/c1-10-5-6-11(14)8-13(10)15-20(18,19)16-7-3-2-4-12(16)9-17/h5-6,8,12,15,17H,2-4,7,9H2,1H3. The Balaban J connectivity index is 2.24. The molecule has 5 nitrogen and oxygen atoms in total. The van der Waals surface area contributed by atoms with E-state index in [0.717, 1.165) is 18.4 Å². The maximum atomic E-state index is 12.4.